The minimum atomic E-state index is -1.08. The van der Waals surface area contributed by atoms with Crippen LogP contribution in [-0.4, -0.2) is 35.2 Å². The molecule has 0 amide bonds. The Bertz CT molecular complexity index is 1190. The van der Waals surface area contributed by atoms with Crippen LogP contribution in [0.4, 0.5) is 0 Å². The van der Waals surface area contributed by atoms with E-state index in [2.05, 4.69) is 60.6 Å². The Morgan fingerprint density at radius 3 is 2.08 bits per heavy atom. The number of hydrogen-bond donors (Lipinski definition) is 1. The standard InChI is InChI=1S/C34H50O6/c1-20(35)39-26-13-14-31(7)24(30(26,5)6)12-15-33(9)25(31)11-10-22-23-18-29(3,4)19-27(40-21(2)36)34(23,28(37)38)17-16-32(22,33)8/h10,12,23,25-27H,11,13-19H2,1-9H3,(H,37,38)/t23-,25-,26?,27?,31+,32-,33-,34+/m1/s1. The van der Waals surface area contributed by atoms with Crippen molar-refractivity contribution in [3.8, 4) is 0 Å². The van der Waals surface area contributed by atoms with Crippen LogP contribution >= 0.6 is 0 Å². The van der Waals surface area contributed by atoms with Gasteiger partial charge in [0.25, 0.3) is 0 Å². The second-order valence-electron chi connectivity index (χ2n) is 15.9. The number of carboxylic acids is 1. The van der Waals surface area contributed by atoms with Crippen LogP contribution in [0.15, 0.2) is 23.3 Å². The smallest absolute Gasteiger partial charge is 0.314 e. The third-order valence-corrected chi connectivity index (χ3v) is 12.9. The molecule has 8 atom stereocenters. The highest BCUT2D eigenvalue weighted by molar-refractivity contribution is 5.78. The quantitative estimate of drug-likeness (QED) is 0.292. The Morgan fingerprint density at radius 2 is 1.48 bits per heavy atom. The molecule has 0 heterocycles. The maximum atomic E-state index is 13.2. The number of rotatable bonds is 3. The zero-order chi connectivity index (χ0) is 29.7. The van der Waals surface area contributed by atoms with E-state index in [-0.39, 0.29) is 45.1 Å². The molecule has 40 heavy (non-hydrogen) atoms. The maximum absolute atomic E-state index is 13.2. The van der Waals surface area contributed by atoms with E-state index in [1.807, 2.05) is 0 Å². The zero-order valence-corrected chi connectivity index (χ0v) is 26.1. The van der Waals surface area contributed by atoms with Gasteiger partial charge in [-0.2, -0.15) is 0 Å². The second-order valence-corrected chi connectivity index (χ2v) is 15.9. The lowest BCUT2D eigenvalue weighted by atomic mass is 9.35. The summed E-state index contributed by atoms with van der Waals surface area (Å²) in [6, 6.07) is 0. The van der Waals surface area contributed by atoms with Gasteiger partial charge in [-0.05, 0) is 78.9 Å². The SMILES string of the molecule is CC(=O)OC1CC[C@@]2(C)C(=CC[C@]3(C)[C@@H]2CC=C2[C@H]4CC(C)(C)CC(OC(C)=O)[C@]4(C(=O)O)CC[C@]23C)C1(C)C. The molecule has 3 fully saturated rings. The van der Waals surface area contributed by atoms with Crippen molar-refractivity contribution < 1.29 is 29.0 Å². The van der Waals surface area contributed by atoms with Gasteiger partial charge in [0.1, 0.15) is 17.6 Å². The fourth-order valence-corrected chi connectivity index (χ4v) is 10.8. The number of carbonyl (C=O) groups excluding carboxylic acids is 2. The number of ether oxygens (including phenoxy) is 2. The molecule has 222 valence electrons. The molecule has 5 aliphatic carbocycles. The van der Waals surface area contributed by atoms with E-state index < -0.39 is 23.5 Å². The van der Waals surface area contributed by atoms with E-state index in [0.29, 0.717) is 18.8 Å². The van der Waals surface area contributed by atoms with Crippen molar-refractivity contribution in [1.29, 1.82) is 0 Å². The fourth-order valence-electron chi connectivity index (χ4n) is 10.8. The molecule has 0 aliphatic heterocycles. The largest absolute Gasteiger partial charge is 0.481 e. The van der Waals surface area contributed by atoms with Gasteiger partial charge in [-0.1, -0.05) is 71.8 Å². The average molecular weight is 555 g/mol. The average Bonchev–Trinajstić information content (AvgIpc) is 2.80. The molecule has 6 heteroatoms. The van der Waals surface area contributed by atoms with Gasteiger partial charge in [-0.25, -0.2) is 0 Å². The van der Waals surface area contributed by atoms with Crippen LogP contribution in [0, 0.1) is 44.3 Å². The van der Waals surface area contributed by atoms with Crippen LogP contribution in [0.2, 0.25) is 0 Å². The van der Waals surface area contributed by atoms with Crippen molar-refractivity contribution in [3.05, 3.63) is 23.3 Å². The number of hydrogen-bond acceptors (Lipinski definition) is 5. The first-order valence-corrected chi connectivity index (χ1v) is 15.3. The monoisotopic (exact) mass is 554 g/mol. The predicted octanol–water partition coefficient (Wildman–Crippen LogP) is 7.27. The van der Waals surface area contributed by atoms with Crippen molar-refractivity contribution in [2.24, 2.45) is 44.3 Å². The lowest BCUT2D eigenvalue weighted by Gasteiger charge is -2.69. The topological polar surface area (TPSA) is 89.9 Å². The summed E-state index contributed by atoms with van der Waals surface area (Å²) in [6.07, 6.45) is 10.4. The lowest BCUT2D eigenvalue weighted by molar-refractivity contribution is -0.197. The van der Waals surface area contributed by atoms with E-state index in [1.54, 1.807) is 0 Å². The molecule has 0 radical (unpaired) electrons. The van der Waals surface area contributed by atoms with Gasteiger partial charge in [0.2, 0.25) is 0 Å². The minimum absolute atomic E-state index is 0.0222. The molecule has 0 aromatic carbocycles. The fraction of sp³-hybridized carbons (Fsp3) is 0.794. The van der Waals surface area contributed by atoms with Gasteiger partial charge in [-0.15, -0.1) is 0 Å². The molecule has 0 spiro atoms. The summed E-state index contributed by atoms with van der Waals surface area (Å²) in [5, 5.41) is 10.8. The Labute approximate surface area is 240 Å². The first kappa shape index (κ1) is 29.4. The summed E-state index contributed by atoms with van der Waals surface area (Å²) < 4.78 is 11.7. The van der Waals surface area contributed by atoms with Crippen molar-refractivity contribution in [2.75, 3.05) is 0 Å². The molecule has 3 saturated carbocycles. The summed E-state index contributed by atoms with van der Waals surface area (Å²) >= 11 is 0. The van der Waals surface area contributed by atoms with Gasteiger partial charge >= 0.3 is 17.9 Å². The van der Waals surface area contributed by atoms with Crippen LogP contribution in [0.5, 0.6) is 0 Å². The Hall–Kier alpha value is -2.11. The van der Waals surface area contributed by atoms with Crippen LogP contribution in [-0.2, 0) is 23.9 Å². The number of carbonyl (C=O) groups is 3. The summed E-state index contributed by atoms with van der Waals surface area (Å²) in [7, 11) is 0. The third kappa shape index (κ3) is 3.82. The van der Waals surface area contributed by atoms with E-state index in [0.717, 1.165) is 38.5 Å². The summed E-state index contributed by atoms with van der Waals surface area (Å²) in [5.74, 6) is -1.19. The summed E-state index contributed by atoms with van der Waals surface area (Å²) in [4.78, 5) is 37.3. The van der Waals surface area contributed by atoms with E-state index >= 15 is 0 Å². The zero-order valence-electron chi connectivity index (χ0n) is 26.1. The van der Waals surface area contributed by atoms with Crippen molar-refractivity contribution in [2.45, 2.75) is 126 Å². The number of esters is 2. The summed E-state index contributed by atoms with van der Waals surface area (Å²) in [5.41, 5.74) is 1.04. The molecule has 1 N–H and O–H groups in total. The van der Waals surface area contributed by atoms with Crippen molar-refractivity contribution >= 4 is 17.9 Å². The molecule has 2 unspecified atom stereocenters. The first-order valence-electron chi connectivity index (χ1n) is 15.3. The van der Waals surface area contributed by atoms with Gasteiger partial charge in [0, 0.05) is 25.2 Å². The highest BCUT2D eigenvalue weighted by Crippen LogP contribution is 2.74. The number of carboxylic acid groups (broad SMARTS) is 1. The molecule has 0 aromatic heterocycles. The van der Waals surface area contributed by atoms with Crippen LogP contribution in [0.25, 0.3) is 0 Å². The van der Waals surface area contributed by atoms with E-state index in [9.17, 15) is 19.5 Å². The first-order chi connectivity index (χ1) is 18.3. The third-order valence-electron chi connectivity index (χ3n) is 12.9. The van der Waals surface area contributed by atoms with Crippen molar-refractivity contribution in [1.82, 2.24) is 0 Å². The van der Waals surface area contributed by atoms with Crippen LogP contribution < -0.4 is 0 Å². The predicted molar refractivity (Wildman–Crippen MR) is 153 cm³/mol. The number of fused-ring (bicyclic) bond motifs is 7. The second kappa shape index (κ2) is 8.94. The highest BCUT2D eigenvalue weighted by atomic mass is 16.5. The van der Waals surface area contributed by atoms with Gasteiger partial charge < -0.3 is 14.6 Å². The minimum Gasteiger partial charge on any atom is -0.481 e. The Balaban J connectivity index is 1.59. The van der Waals surface area contributed by atoms with Crippen molar-refractivity contribution in [3.63, 3.8) is 0 Å². The number of aliphatic carboxylic acids is 1. The van der Waals surface area contributed by atoms with E-state index in [1.165, 1.54) is 25.0 Å². The van der Waals surface area contributed by atoms with Crippen LogP contribution in [0.1, 0.15) is 114 Å². The molecule has 0 bridgehead atoms. The highest BCUT2D eigenvalue weighted by Gasteiger charge is 2.70. The van der Waals surface area contributed by atoms with Gasteiger partial charge in [0.05, 0.1) is 0 Å². The Kier molecular flexibility index (Phi) is 6.57. The molecular formula is C34H50O6. The molecule has 6 nitrogen and oxygen atoms in total. The summed E-state index contributed by atoms with van der Waals surface area (Å²) in [6.45, 7) is 19.0. The number of allylic oxidation sites excluding steroid dienone is 3. The molecule has 0 aromatic rings. The van der Waals surface area contributed by atoms with Gasteiger partial charge in [0.15, 0.2) is 0 Å². The molecule has 5 rings (SSSR count). The van der Waals surface area contributed by atoms with Crippen LogP contribution in [0.3, 0.4) is 0 Å². The molecule has 5 aliphatic rings. The normalized spacial score (nSPS) is 44.8. The molecular weight excluding hydrogens is 504 g/mol. The maximum Gasteiger partial charge on any atom is 0.314 e. The molecule has 0 saturated heterocycles. The Morgan fingerprint density at radius 1 is 0.850 bits per heavy atom. The van der Waals surface area contributed by atoms with E-state index in [4.69, 9.17) is 9.47 Å². The van der Waals surface area contributed by atoms with Gasteiger partial charge in [-0.3, -0.25) is 14.4 Å². The lowest BCUT2D eigenvalue weighted by Crippen LogP contribution is -2.65.